The first-order chi connectivity index (χ1) is 6.65. The number of rotatable bonds is 4. The molecule has 1 saturated heterocycles. The van der Waals surface area contributed by atoms with Gasteiger partial charge in [0, 0.05) is 0 Å². The maximum absolute atomic E-state index is 11.4. The van der Waals surface area contributed by atoms with Crippen LogP contribution in [-0.2, 0) is 14.4 Å². The lowest BCUT2D eigenvalue weighted by Gasteiger charge is -2.13. The second-order valence-electron chi connectivity index (χ2n) is 3.23. The van der Waals surface area contributed by atoms with Crippen LogP contribution < -0.4 is 16.5 Å². The Bertz CT molecular complexity index is 232. The maximum atomic E-state index is 11.4. The van der Waals surface area contributed by atoms with Gasteiger partial charge in [-0.05, 0) is 6.42 Å². The molecule has 0 radical (unpaired) electrons. The Hall–Kier alpha value is -1.14. The molecular formula is C8H15N3O3. The molecule has 6 nitrogen and oxygen atoms in total. The Morgan fingerprint density at radius 3 is 3.07 bits per heavy atom. The highest BCUT2D eigenvalue weighted by atomic mass is 16.7. The van der Waals surface area contributed by atoms with E-state index in [-0.39, 0.29) is 18.4 Å². The lowest BCUT2D eigenvalue weighted by atomic mass is 10.1. The van der Waals surface area contributed by atoms with Crippen LogP contribution in [0.25, 0.3) is 0 Å². The number of amides is 2. The molecule has 1 rings (SSSR count). The minimum atomic E-state index is -0.606. The van der Waals surface area contributed by atoms with Gasteiger partial charge in [-0.3, -0.25) is 14.4 Å². The molecule has 6 heteroatoms. The van der Waals surface area contributed by atoms with Crippen molar-refractivity contribution in [3.8, 4) is 0 Å². The van der Waals surface area contributed by atoms with Crippen molar-refractivity contribution in [1.29, 1.82) is 0 Å². The molecule has 1 unspecified atom stereocenters. The molecule has 0 spiro atoms. The summed E-state index contributed by atoms with van der Waals surface area (Å²) in [6.45, 7) is 2.10. The molecule has 2 atom stereocenters. The molecule has 1 fully saturated rings. The zero-order valence-electron chi connectivity index (χ0n) is 8.08. The van der Waals surface area contributed by atoms with Gasteiger partial charge in [0.1, 0.15) is 12.6 Å². The number of nitrogens with one attached hydrogen (secondary N) is 2. The standard InChI is InChI=1S/C8H15N3O3/c1-2-3-5(9)7(12)10-6-4-14-11-8(6)13/h5-6H,2-4,9H2,1H3,(H,10,12)(H,11,13)/t5?,6-/m1/s1. The van der Waals surface area contributed by atoms with Gasteiger partial charge in [-0.25, -0.2) is 5.48 Å². The Morgan fingerprint density at radius 2 is 2.57 bits per heavy atom. The highest BCUT2D eigenvalue weighted by Crippen LogP contribution is 1.97. The van der Waals surface area contributed by atoms with E-state index in [1.54, 1.807) is 0 Å². The summed E-state index contributed by atoms with van der Waals surface area (Å²) in [5.74, 6) is -0.639. The Balaban J connectivity index is 2.36. The van der Waals surface area contributed by atoms with E-state index in [9.17, 15) is 9.59 Å². The summed E-state index contributed by atoms with van der Waals surface area (Å²) in [4.78, 5) is 27.0. The van der Waals surface area contributed by atoms with Crippen LogP contribution in [-0.4, -0.2) is 30.5 Å². The fraction of sp³-hybridized carbons (Fsp3) is 0.750. The molecule has 14 heavy (non-hydrogen) atoms. The lowest BCUT2D eigenvalue weighted by Crippen LogP contribution is -2.48. The van der Waals surface area contributed by atoms with Crippen LogP contribution in [0.2, 0.25) is 0 Å². The fourth-order valence-electron chi connectivity index (χ4n) is 1.17. The van der Waals surface area contributed by atoms with Crippen molar-refractivity contribution < 1.29 is 14.4 Å². The summed E-state index contributed by atoms with van der Waals surface area (Å²) in [6.07, 6.45) is 1.45. The minimum Gasteiger partial charge on any atom is -0.341 e. The smallest absolute Gasteiger partial charge is 0.268 e. The second kappa shape index (κ2) is 4.92. The van der Waals surface area contributed by atoms with Crippen LogP contribution in [0.3, 0.4) is 0 Å². The van der Waals surface area contributed by atoms with E-state index in [2.05, 4.69) is 15.6 Å². The Labute approximate surface area is 82.1 Å². The summed E-state index contributed by atoms with van der Waals surface area (Å²) in [5, 5.41) is 2.51. The first kappa shape index (κ1) is 10.9. The molecular weight excluding hydrogens is 186 g/mol. The summed E-state index contributed by atoms with van der Waals surface area (Å²) in [6, 6.07) is -1.15. The van der Waals surface area contributed by atoms with E-state index < -0.39 is 12.1 Å². The van der Waals surface area contributed by atoms with Gasteiger partial charge in [-0.2, -0.15) is 0 Å². The van der Waals surface area contributed by atoms with Crippen LogP contribution in [0, 0.1) is 0 Å². The molecule has 80 valence electrons. The Kier molecular flexibility index (Phi) is 3.84. The highest BCUT2D eigenvalue weighted by molar-refractivity contribution is 5.90. The number of hydroxylamine groups is 1. The normalized spacial score (nSPS) is 23.0. The molecule has 2 amide bonds. The van der Waals surface area contributed by atoms with Gasteiger partial charge in [0.2, 0.25) is 5.91 Å². The van der Waals surface area contributed by atoms with Crippen molar-refractivity contribution in [2.75, 3.05) is 6.61 Å². The predicted molar refractivity (Wildman–Crippen MR) is 48.9 cm³/mol. The molecule has 0 aromatic heterocycles. The van der Waals surface area contributed by atoms with E-state index >= 15 is 0 Å². The summed E-state index contributed by atoms with van der Waals surface area (Å²) in [7, 11) is 0. The zero-order chi connectivity index (χ0) is 10.6. The van der Waals surface area contributed by atoms with E-state index in [1.165, 1.54) is 0 Å². The van der Waals surface area contributed by atoms with Crippen molar-refractivity contribution in [1.82, 2.24) is 10.8 Å². The fourth-order valence-corrected chi connectivity index (χ4v) is 1.17. The van der Waals surface area contributed by atoms with Crippen molar-refractivity contribution in [3.63, 3.8) is 0 Å². The van der Waals surface area contributed by atoms with Crippen molar-refractivity contribution >= 4 is 11.8 Å². The van der Waals surface area contributed by atoms with Crippen LogP contribution in [0.4, 0.5) is 0 Å². The van der Waals surface area contributed by atoms with Crippen LogP contribution in [0.5, 0.6) is 0 Å². The molecule has 1 aliphatic rings. The first-order valence-electron chi connectivity index (χ1n) is 4.62. The minimum absolute atomic E-state index is 0.156. The third-order valence-corrected chi connectivity index (χ3v) is 1.99. The molecule has 0 saturated carbocycles. The number of carbonyl (C=O) groups excluding carboxylic acids is 2. The first-order valence-corrected chi connectivity index (χ1v) is 4.62. The predicted octanol–water partition coefficient (Wildman–Crippen LogP) is -1.34. The van der Waals surface area contributed by atoms with Crippen molar-refractivity contribution in [3.05, 3.63) is 0 Å². The van der Waals surface area contributed by atoms with Gasteiger partial charge in [-0.1, -0.05) is 13.3 Å². The topological polar surface area (TPSA) is 93.5 Å². The van der Waals surface area contributed by atoms with Gasteiger partial charge >= 0.3 is 0 Å². The maximum Gasteiger partial charge on any atom is 0.268 e. The van der Waals surface area contributed by atoms with Gasteiger partial charge in [-0.15, -0.1) is 0 Å². The summed E-state index contributed by atoms with van der Waals surface area (Å²) in [5.41, 5.74) is 7.72. The quantitative estimate of drug-likeness (QED) is 0.525. The summed E-state index contributed by atoms with van der Waals surface area (Å²) >= 11 is 0. The third-order valence-electron chi connectivity index (χ3n) is 1.99. The van der Waals surface area contributed by atoms with Gasteiger partial charge in [0.25, 0.3) is 5.91 Å². The molecule has 0 aliphatic carbocycles. The van der Waals surface area contributed by atoms with Crippen molar-refractivity contribution in [2.24, 2.45) is 5.73 Å². The van der Waals surface area contributed by atoms with Crippen LogP contribution in [0.1, 0.15) is 19.8 Å². The summed E-state index contributed by atoms with van der Waals surface area (Å²) < 4.78 is 0. The number of hydrogen-bond acceptors (Lipinski definition) is 4. The average Bonchev–Trinajstić information content (AvgIpc) is 2.52. The molecule has 1 heterocycles. The van der Waals surface area contributed by atoms with Crippen LogP contribution >= 0.6 is 0 Å². The van der Waals surface area contributed by atoms with E-state index in [1.807, 2.05) is 6.92 Å². The number of carbonyl (C=O) groups is 2. The highest BCUT2D eigenvalue weighted by Gasteiger charge is 2.28. The number of hydrogen-bond donors (Lipinski definition) is 3. The Morgan fingerprint density at radius 1 is 1.86 bits per heavy atom. The zero-order valence-corrected chi connectivity index (χ0v) is 8.08. The molecule has 4 N–H and O–H groups in total. The molecule has 1 aliphatic heterocycles. The molecule has 0 aromatic rings. The van der Waals surface area contributed by atoms with Crippen LogP contribution in [0.15, 0.2) is 0 Å². The molecule has 0 bridgehead atoms. The average molecular weight is 201 g/mol. The lowest BCUT2D eigenvalue weighted by molar-refractivity contribution is -0.129. The van der Waals surface area contributed by atoms with E-state index in [4.69, 9.17) is 5.73 Å². The van der Waals surface area contributed by atoms with Gasteiger partial charge in [0.05, 0.1) is 6.04 Å². The van der Waals surface area contributed by atoms with E-state index in [0.29, 0.717) is 6.42 Å². The van der Waals surface area contributed by atoms with Crippen molar-refractivity contribution in [2.45, 2.75) is 31.8 Å². The van der Waals surface area contributed by atoms with E-state index in [0.717, 1.165) is 6.42 Å². The third kappa shape index (κ3) is 2.68. The monoisotopic (exact) mass is 201 g/mol. The SMILES string of the molecule is CCCC(N)C(=O)N[C@@H]1CONC1=O. The van der Waals surface area contributed by atoms with Gasteiger partial charge in [0.15, 0.2) is 0 Å². The number of nitrogens with two attached hydrogens (primary N) is 1. The molecule has 0 aromatic carbocycles. The largest absolute Gasteiger partial charge is 0.341 e. The van der Waals surface area contributed by atoms with Gasteiger partial charge < -0.3 is 11.1 Å². The second-order valence-corrected chi connectivity index (χ2v) is 3.23.